The molecule has 0 amide bonds. The van der Waals surface area contributed by atoms with Crippen LogP contribution in [0.4, 0.5) is 0 Å². The lowest BCUT2D eigenvalue weighted by atomic mass is 9.93. The minimum absolute atomic E-state index is 0.568. The van der Waals surface area contributed by atoms with Gasteiger partial charge in [0.05, 0.1) is 0 Å². The number of hydrogen-bond acceptors (Lipinski definition) is 2. The van der Waals surface area contributed by atoms with Crippen LogP contribution in [0.25, 0.3) is 0 Å². The third-order valence-corrected chi connectivity index (χ3v) is 5.40. The van der Waals surface area contributed by atoms with Crippen molar-refractivity contribution in [2.75, 3.05) is 14.2 Å². The number of unbranched alkanes of at least 4 members (excludes halogenated alkanes) is 8. The summed E-state index contributed by atoms with van der Waals surface area (Å²) < 4.78 is 9.22. The summed E-state index contributed by atoms with van der Waals surface area (Å²) in [4.78, 5) is 0. The Bertz CT molecular complexity index is 202. The summed E-state index contributed by atoms with van der Waals surface area (Å²) in [7, 11) is 2.73. The maximum atomic E-state index is 4.61. The van der Waals surface area contributed by atoms with Crippen molar-refractivity contribution in [3.05, 3.63) is 0 Å². The van der Waals surface area contributed by atoms with Crippen molar-refractivity contribution in [2.24, 2.45) is 5.92 Å². The van der Waals surface area contributed by atoms with Crippen molar-refractivity contribution in [1.82, 2.24) is 0 Å². The third kappa shape index (κ3) is 18.3. The predicted molar refractivity (Wildman–Crippen MR) is 106 cm³/mol. The first-order chi connectivity index (χ1) is 11.3. The second-order valence-corrected chi connectivity index (χ2v) is 8.56. The second kappa shape index (κ2) is 20.2. The largest absolute Gasteiger partial charge is 0.402 e. The lowest BCUT2D eigenvalue weighted by Gasteiger charge is -2.13. The highest BCUT2D eigenvalue weighted by Gasteiger charge is 2.11. The molecule has 140 valence electrons. The zero-order chi connectivity index (χ0) is 17.0. The normalized spacial score (nSPS) is 15.8. The minimum atomic E-state index is -0.568. The fraction of sp³-hybridized carbons (Fsp3) is 1.00. The van der Waals surface area contributed by atoms with Gasteiger partial charge < -0.3 is 8.85 Å². The van der Waals surface area contributed by atoms with E-state index in [0.717, 1.165) is 5.92 Å². The molecule has 1 fully saturated rings. The van der Waals surface area contributed by atoms with Gasteiger partial charge in [0.15, 0.2) is 0 Å². The van der Waals surface area contributed by atoms with Gasteiger partial charge in [-0.15, -0.1) is 0 Å². The zero-order valence-electron chi connectivity index (χ0n) is 16.4. The van der Waals surface area contributed by atoms with E-state index in [9.17, 15) is 0 Å². The van der Waals surface area contributed by atoms with Crippen LogP contribution in [0.15, 0.2) is 0 Å². The molecule has 1 aliphatic rings. The summed E-state index contributed by atoms with van der Waals surface area (Å²) in [5, 5.41) is 0. The first kappa shape index (κ1) is 23.1. The van der Waals surface area contributed by atoms with E-state index in [-0.39, 0.29) is 0 Å². The molecule has 23 heavy (non-hydrogen) atoms. The van der Waals surface area contributed by atoms with E-state index in [1.807, 2.05) is 0 Å². The van der Waals surface area contributed by atoms with Gasteiger partial charge in [-0.1, -0.05) is 110 Å². The molecule has 0 heterocycles. The van der Waals surface area contributed by atoms with E-state index < -0.39 is 10.0 Å². The molecular weight excluding hydrogens is 300 g/mol. The Labute approximate surface area is 149 Å². The highest BCUT2D eigenvalue weighted by molar-refractivity contribution is 6.17. The Morgan fingerprint density at radius 2 is 1.17 bits per heavy atom. The maximum absolute atomic E-state index is 4.61. The van der Waals surface area contributed by atoms with Crippen LogP contribution < -0.4 is 0 Å². The highest BCUT2D eigenvalue weighted by atomic mass is 28.3. The fourth-order valence-corrected chi connectivity index (χ4v) is 3.75. The maximum Gasteiger partial charge on any atom is 0.303 e. The van der Waals surface area contributed by atoms with Crippen LogP contribution in [0, 0.1) is 5.92 Å². The molecule has 0 unspecified atom stereocenters. The molecule has 0 aromatic carbocycles. The summed E-state index contributed by atoms with van der Waals surface area (Å²) in [6.45, 7) is 2.30. The van der Waals surface area contributed by atoms with Crippen LogP contribution >= 0.6 is 0 Å². The molecule has 1 aliphatic carbocycles. The first-order valence-electron chi connectivity index (χ1n) is 10.3. The van der Waals surface area contributed by atoms with E-state index in [0.29, 0.717) is 0 Å². The van der Waals surface area contributed by atoms with Crippen LogP contribution in [-0.2, 0) is 8.85 Å². The van der Waals surface area contributed by atoms with E-state index in [4.69, 9.17) is 0 Å². The van der Waals surface area contributed by atoms with Gasteiger partial charge in [-0.05, 0) is 5.92 Å². The minimum Gasteiger partial charge on any atom is -0.402 e. The summed E-state index contributed by atoms with van der Waals surface area (Å²) in [5.41, 5.74) is 0. The number of hydrogen-bond donors (Lipinski definition) is 0. The van der Waals surface area contributed by atoms with Crippen LogP contribution in [-0.4, -0.2) is 24.2 Å². The monoisotopic (exact) mass is 344 g/mol. The zero-order valence-corrected chi connectivity index (χ0v) is 17.8. The van der Waals surface area contributed by atoms with Crippen LogP contribution in [0.3, 0.4) is 0 Å². The van der Waals surface area contributed by atoms with Gasteiger partial charge in [0, 0.05) is 14.2 Å². The fourth-order valence-electron chi connectivity index (χ4n) is 3.51. The van der Waals surface area contributed by atoms with Crippen LogP contribution in [0.1, 0.15) is 110 Å². The molecule has 1 rings (SSSR count). The topological polar surface area (TPSA) is 18.5 Å². The molecule has 0 aromatic rings. The van der Waals surface area contributed by atoms with Gasteiger partial charge in [-0.2, -0.15) is 0 Å². The van der Waals surface area contributed by atoms with Gasteiger partial charge in [0.2, 0.25) is 0 Å². The van der Waals surface area contributed by atoms with Gasteiger partial charge in [-0.25, -0.2) is 0 Å². The molecule has 0 saturated heterocycles. The smallest absolute Gasteiger partial charge is 0.303 e. The molecule has 3 heteroatoms. The van der Waals surface area contributed by atoms with Crippen molar-refractivity contribution < 1.29 is 8.85 Å². The molecule has 2 nitrogen and oxygen atoms in total. The van der Waals surface area contributed by atoms with E-state index in [1.54, 1.807) is 14.2 Å². The van der Waals surface area contributed by atoms with E-state index >= 15 is 0 Å². The highest BCUT2D eigenvalue weighted by Crippen LogP contribution is 2.27. The Hall–Kier alpha value is 0.137. The second-order valence-electron chi connectivity index (χ2n) is 7.17. The summed E-state index contributed by atoms with van der Waals surface area (Å²) in [6.07, 6.45) is 23.9. The van der Waals surface area contributed by atoms with Crippen molar-refractivity contribution in [1.29, 1.82) is 0 Å². The van der Waals surface area contributed by atoms with Crippen molar-refractivity contribution in [2.45, 2.75) is 110 Å². The Kier molecular flexibility index (Phi) is 20.3. The summed E-state index contributed by atoms with van der Waals surface area (Å²) >= 11 is 0. The molecule has 0 spiro atoms. The first-order valence-corrected chi connectivity index (χ1v) is 11.5. The molecule has 0 bridgehead atoms. The lowest BCUT2D eigenvalue weighted by molar-refractivity contribution is 0.309. The average molecular weight is 345 g/mol. The van der Waals surface area contributed by atoms with E-state index in [2.05, 4.69) is 15.8 Å². The summed E-state index contributed by atoms with van der Waals surface area (Å²) in [6, 6.07) is 0. The molecule has 0 N–H and O–H groups in total. The van der Waals surface area contributed by atoms with Crippen LogP contribution in [0.5, 0.6) is 0 Å². The predicted octanol–water partition coefficient (Wildman–Crippen LogP) is 6.16. The quantitative estimate of drug-likeness (QED) is 0.240. The molecule has 1 saturated carbocycles. The molecule has 0 radical (unpaired) electrons. The Morgan fingerprint density at radius 1 is 0.696 bits per heavy atom. The van der Waals surface area contributed by atoms with Crippen molar-refractivity contribution >= 4 is 10.0 Å². The van der Waals surface area contributed by atoms with Gasteiger partial charge in [0.1, 0.15) is 0 Å². The Balaban J connectivity index is 0.000000841. The molecule has 0 atom stereocenters. The lowest BCUT2D eigenvalue weighted by Crippen LogP contribution is -1.98. The third-order valence-electron chi connectivity index (χ3n) is 4.93. The van der Waals surface area contributed by atoms with Crippen molar-refractivity contribution in [3.63, 3.8) is 0 Å². The van der Waals surface area contributed by atoms with Gasteiger partial charge in [-0.3, -0.25) is 0 Å². The number of rotatable bonds is 12. The standard InChI is InChI=1S/C18H36.C2H8O2Si/c1-2-3-4-5-6-7-8-9-12-15-18-16-13-10-11-14-17-18;1-3-5-4-2/h18H,2-17H2,1H3;5H2,1-2H3. The average Bonchev–Trinajstić information content (AvgIpc) is 2.83. The molecular formula is C20H44O2Si. The molecule has 0 aromatic heterocycles. The van der Waals surface area contributed by atoms with Gasteiger partial charge >= 0.3 is 10.0 Å². The summed E-state index contributed by atoms with van der Waals surface area (Å²) in [5.74, 6) is 1.09. The van der Waals surface area contributed by atoms with Crippen LogP contribution in [0.2, 0.25) is 0 Å². The SMILES string of the molecule is CCCCCCCCCCCC1CCCCCC1.CO[SiH2]OC. The van der Waals surface area contributed by atoms with E-state index in [1.165, 1.54) is 103 Å². The Morgan fingerprint density at radius 3 is 1.61 bits per heavy atom. The molecule has 0 aliphatic heterocycles. The van der Waals surface area contributed by atoms with Gasteiger partial charge in [0.25, 0.3) is 0 Å². The van der Waals surface area contributed by atoms with Crippen molar-refractivity contribution in [3.8, 4) is 0 Å².